The van der Waals surface area contributed by atoms with Crippen LogP contribution in [0.4, 0.5) is 0 Å². The monoisotopic (exact) mass is 248 g/mol. The van der Waals surface area contributed by atoms with Crippen LogP contribution in [-0.4, -0.2) is 31.2 Å². The van der Waals surface area contributed by atoms with E-state index in [0.717, 1.165) is 18.6 Å². The molecule has 1 heterocycles. The summed E-state index contributed by atoms with van der Waals surface area (Å²) < 4.78 is 5.43. The minimum atomic E-state index is 0.0259. The molecule has 4 nitrogen and oxygen atoms in total. The molecule has 0 saturated carbocycles. The van der Waals surface area contributed by atoms with Gasteiger partial charge in [-0.1, -0.05) is 30.3 Å². The second-order valence-corrected chi connectivity index (χ2v) is 4.61. The van der Waals surface area contributed by atoms with E-state index in [2.05, 4.69) is 10.6 Å². The Labute approximate surface area is 108 Å². The van der Waals surface area contributed by atoms with Gasteiger partial charge in [-0.05, 0) is 18.9 Å². The van der Waals surface area contributed by atoms with E-state index < -0.39 is 0 Å². The third-order valence-corrected chi connectivity index (χ3v) is 3.23. The van der Waals surface area contributed by atoms with Crippen LogP contribution in [0.15, 0.2) is 30.3 Å². The molecule has 0 aliphatic carbocycles. The predicted molar refractivity (Wildman–Crippen MR) is 70.1 cm³/mol. The van der Waals surface area contributed by atoms with Gasteiger partial charge in [-0.15, -0.1) is 0 Å². The molecule has 2 N–H and O–H groups in total. The Hall–Kier alpha value is -1.39. The van der Waals surface area contributed by atoms with Gasteiger partial charge >= 0.3 is 0 Å². The second-order valence-electron chi connectivity index (χ2n) is 4.61. The third-order valence-electron chi connectivity index (χ3n) is 3.23. The summed E-state index contributed by atoms with van der Waals surface area (Å²) in [7, 11) is 0. The molecule has 1 aliphatic heterocycles. The first-order chi connectivity index (χ1) is 8.75. The standard InChI is InChI=1S/C14H20N2O2/c1-11-13(7-8-18-11)15-10-14(17)16-9-12-5-3-2-4-6-12/h2-6,11,13,15H,7-10H2,1H3,(H,16,17). The number of carbonyl (C=O) groups excluding carboxylic acids is 1. The Kier molecular flexibility index (Phi) is 4.73. The Morgan fingerprint density at radius 3 is 2.83 bits per heavy atom. The Bertz CT molecular complexity index is 381. The van der Waals surface area contributed by atoms with E-state index in [4.69, 9.17) is 4.74 Å². The fraction of sp³-hybridized carbons (Fsp3) is 0.500. The predicted octanol–water partition coefficient (Wildman–Crippen LogP) is 1.07. The van der Waals surface area contributed by atoms with Crippen molar-refractivity contribution >= 4 is 5.91 Å². The van der Waals surface area contributed by atoms with Gasteiger partial charge in [-0.2, -0.15) is 0 Å². The molecule has 0 radical (unpaired) electrons. The summed E-state index contributed by atoms with van der Waals surface area (Å²) >= 11 is 0. The first-order valence-electron chi connectivity index (χ1n) is 6.41. The Balaban J connectivity index is 1.66. The molecule has 2 rings (SSSR count). The lowest BCUT2D eigenvalue weighted by atomic mass is 10.1. The average Bonchev–Trinajstić information content (AvgIpc) is 2.81. The van der Waals surface area contributed by atoms with Crippen molar-refractivity contribution in [2.75, 3.05) is 13.2 Å². The van der Waals surface area contributed by atoms with Crippen LogP contribution < -0.4 is 10.6 Å². The zero-order valence-electron chi connectivity index (χ0n) is 10.7. The van der Waals surface area contributed by atoms with E-state index in [1.165, 1.54) is 0 Å². The van der Waals surface area contributed by atoms with E-state index >= 15 is 0 Å². The number of ether oxygens (including phenoxy) is 1. The molecule has 2 atom stereocenters. The van der Waals surface area contributed by atoms with Gasteiger partial charge in [-0.25, -0.2) is 0 Å². The van der Waals surface area contributed by atoms with Gasteiger partial charge in [-0.3, -0.25) is 4.79 Å². The largest absolute Gasteiger partial charge is 0.377 e. The van der Waals surface area contributed by atoms with Crippen molar-refractivity contribution in [2.24, 2.45) is 0 Å². The number of hydrogen-bond donors (Lipinski definition) is 2. The molecule has 1 aromatic rings. The third kappa shape index (κ3) is 3.82. The molecule has 1 saturated heterocycles. The molecule has 1 aromatic carbocycles. The number of carbonyl (C=O) groups is 1. The van der Waals surface area contributed by atoms with Crippen LogP contribution in [0.3, 0.4) is 0 Å². The highest BCUT2D eigenvalue weighted by Crippen LogP contribution is 2.11. The normalized spacial score (nSPS) is 22.9. The van der Waals surface area contributed by atoms with Crippen LogP contribution in [0.25, 0.3) is 0 Å². The SMILES string of the molecule is CC1OCCC1NCC(=O)NCc1ccccc1. The molecule has 1 aliphatic rings. The lowest BCUT2D eigenvalue weighted by Crippen LogP contribution is -2.41. The maximum absolute atomic E-state index is 11.7. The van der Waals surface area contributed by atoms with Gasteiger partial charge in [0.2, 0.25) is 5.91 Å². The van der Waals surface area contributed by atoms with Gasteiger partial charge < -0.3 is 15.4 Å². The van der Waals surface area contributed by atoms with Crippen LogP contribution in [0, 0.1) is 0 Å². The smallest absolute Gasteiger partial charge is 0.234 e. The minimum absolute atomic E-state index is 0.0259. The van der Waals surface area contributed by atoms with E-state index in [9.17, 15) is 4.79 Å². The number of benzene rings is 1. The zero-order valence-corrected chi connectivity index (χ0v) is 10.7. The first kappa shape index (κ1) is 13.1. The van der Waals surface area contributed by atoms with Crippen molar-refractivity contribution in [2.45, 2.75) is 32.0 Å². The summed E-state index contributed by atoms with van der Waals surface area (Å²) in [5.74, 6) is 0.0259. The van der Waals surface area contributed by atoms with Gasteiger partial charge in [0.25, 0.3) is 0 Å². The van der Waals surface area contributed by atoms with Gasteiger partial charge in [0, 0.05) is 19.2 Å². The fourth-order valence-electron chi connectivity index (χ4n) is 2.08. The van der Waals surface area contributed by atoms with Crippen molar-refractivity contribution < 1.29 is 9.53 Å². The molecular weight excluding hydrogens is 228 g/mol. The van der Waals surface area contributed by atoms with Crippen molar-refractivity contribution in [1.82, 2.24) is 10.6 Å². The second kappa shape index (κ2) is 6.52. The minimum Gasteiger partial charge on any atom is -0.377 e. The first-order valence-corrected chi connectivity index (χ1v) is 6.41. The maximum Gasteiger partial charge on any atom is 0.234 e. The number of amides is 1. The highest BCUT2D eigenvalue weighted by atomic mass is 16.5. The van der Waals surface area contributed by atoms with Gasteiger partial charge in [0.15, 0.2) is 0 Å². The van der Waals surface area contributed by atoms with Crippen LogP contribution in [0.5, 0.6) is 0 Å². The number of rotatable bonds is 5. The highest BCUT2D eigenvalue weighted by Gasteiger charge is 2.23. The molecule has 0 aromatic heterocycles. The van der Waals surface area contributed by atoms with E-state index in [0.29, 0.717) is 19.1 Å². The number of nitrogens with one attached hydrogen (secondary N) is 2. The van der Waals surface area contributed by atoms with Crippen molar-refractivity contribution in [3.63, 3.8) is 0 Å². The van der Waals surface area contributed by atoms with Crippen molar-refractivity contribution in [1.29, 1.82) is 0 Å². The molecule has 2 unspecified atom stereocenters. The Morgan fingerprint density at radius 1 is 1.39 bits per heavy atom. The molecule has 98 valence electrons. The molecule has 18 heavy (non-hydrogen) atoms. The summed E-state index contributed by atoms with van der Waals surface area (Å²) in [4.78, 5) is 11.7. The zero-order chi connectivity index (χ0) is 12.8. The molecular formula is C14H20N2O2. The van der Waals surface area contributed by atoms with Gasteiger partial charge in [0.1, 0.15) is 0 Å². The van der Waals surface area contributed by atoms with Crippen LogP contribution in [-0.2, 0) is 16.1 Å². The van der Waals surface area contributed by atoms with Gasteiger partial charge in [0.05, 0.1) is 12.6 Å². The molecule has 0 bridgehead atoms. The van der Waals surface area contributed by atoms with E-state index in [-0.39, 0.29) is 12.0 Å². The Morgan fingerprint density at radius 2 is 2.17 bits per heavy atom. The summed E-state index contributed by atoms with van der Waals surface area (Å²) in [6, 6.07) is 10.2. The van der Waals surface area contributed by atoms with Crippen LogP contribution in [0.2, 0.25) is 0 Å². The molecule has 4 heteroatoms. The summed E-state index contributed by atoms with van der Waals surface area (Å²) in [5.41, 5.74) is 1.11. The number of hydrogen-bond acceptors (Lipinski definition) is 3. The lowest BCUT2D eigenvalue weighted by Gasteiger charge is -2.15. The highest BCUT2D eigenvalue weighted by molar-refractivity contribution is 5.78. The summed E-state index contributed by atoms with van der Waals surface area (Å²) in [6.45, 7) is 3.75. The maximum atomic E-state index is 11.7. The quantitative estimate of drug-likeness (QED) is 0.819. The average molecular weight is 248 g/mol. The van der Waals surface area contributed by atoms with Crippen LogP contribution in [0.1, 0.15) is 18.9 Å². The lowest BCUT2D eigenvalue weighted by molar-refractivity contribution is -0.120. The fourth-order valence-corrected chi connectivity index (χ4v) is 2.08. The molecule has 1 fully saturated rings. The molecule has 0 spiro atoms. The summed E-state index contributed by atoms with van der Waals surface area (Å²) in [6.07, 6.45) is 1.18. The summed E-state index contributed by atoms with van der Waals surface area (Å²) in [5, 5.41) is 6.13. The van der Waals surface area contributed by atoms with Crippen molar-refractivity contribution in [3.05, 3.63) is 35.9 Å². The van der Waals surface area contributed by atoms with Crippen LogP contribution >= 0.6 is 0 Å². The molecule has 1 amide bonds. The topological polar surface area (TPSA) is 50.4 Å². The van der Waals surface area contributed by atoms with Crippen molar-refractivity contribution in [3.8, 4) is 0 Å². The van der Waals surface area contributed by atoms with E-state index in [1.807, 2.05) is 37.3 Å². The van der Waals surface area contributed by atoms with E-state index in [1.54, 1.807) is 0 Å².